The summed E-state index contributed by atoms with van der Waals surface area (Å²) in [5, 5.41) is 0. The van der Waals surface area contributed by atoms with Crippen LogP contribution in [0.2, 0.25) is 0 Å². The molecule has 0 bridgehead atoms. The second-order valence-corrected chi connectivity index (χ2v) is 3.97. The highest BCUT2D eigenvalue weighted by Gasteiger charge is 2.05. The Hall–Kier alpha value is -1.59. The number of aromatic amines is 1. The van der Waals surface area contributed by atoms with Crippen LogP contribution in [0.4, 0.5) is 5.69 Å². The van der Waals surface area contributed by atoms with Gasteiger partial charge < -0.3 is 21.2 Å². The van der Waals surface area contributed by atoms with E-state index >= 15 is 0 Å². The second kappa shape index (κ2) is 4.51. The molecule has 5 heteroatoms. The lowest BCUT2D eigenvalue weighted by atomic mass is 10.1. The molecule has 86 valence electrons. The van der Waals surface area contributed by atoms with Crippen molar-refractivity contribution in [2.45, 2.75) is 19.6 Å². The van der Waals surface area contributed by atoms with Gasteiger partial charge in [0, 0.05) is 17.3 Å². The monoisotopic (exact) mass is 220 g/mol. The fraction of sp³-hybridized carbons (Fsp3) is 0.364. The number of ether oxygens (including phenoxy) is 1. The van der Waals surface area contributed by atoms with E-state index in [-0.39, 0.29) is 6.04 Å². The molecule has 1 heterocycles. The molecule has 0 aliphatic rings. The highest BCUT2D eigenvalue weighted by Crippen LogP contribution is 2.19. The molecule has 0 aliphatic carbocycles. The predicted molar refractivity (Wildman–Crippen MR) is 63.8 cm³/mol. The first-order valence-electron chi connectivity index (χ1n) is 5.21. The van der Waals surface area contributed by atoms with Crippen LogP contribution in [0.3, 0.4) is 0 Å². The molecule has 0 radical (unpaired) electrons. The summed E-state index contributed by atoms with van der Waals surface area (Å²) < 4.78 is 5.48. The molecule has 0 saturated heterocycles. The first kappa shape index (κ1) is 10.9. The third-order valence-corrected chi connectivity index (χ3v) is 2.26. The van der Waals surface area contributed by atoms with Crippen molar-refractivity contribution in [3.63, 3.8) is 0 Å². The summed E-state index contributed by atoms with van der Waals surface area (Å²) in [6.45, 7) is 2.91. The number of nitrogen functional groups attached to an aromatic ring is 1. The Morgan fingerprint density at radius 3 is 3.06 bits per heavy atom. The van der Waals surface area contributed by atoms with Crippen molar-refractivity contribution >= 4 is 16.7 Å². The van der Waals surface area contributed by atoms with E-state index in [1.165, 1.54) is 0 Å². The van der Waals surface area contributed by atoms with Crippen LogP contribution in [0.5, 0.6) is 0 Å². The zero-order valence-corrected chi connectivity index (χ0v) is 9.23. The Bertz CT molecular complexity index is 478. The Morgan fingerprint density at radius 1 is 1.50 bits per heavy atom. The number of aromatic nitrogens is 2. The maximum absolute atomic E-state index is 5.79. The lowest BCUT2D eigenvalue weighted by molar-refractivity contribution is 0.112. The standard InChI is InChI=1S/C11H16N4O/c1-7(12)4-16-5-8-2-9(13)3-10-11(8)15-6-14-10/h2-3,6-7H,4-5,12-13H2,1H3,(H,14,15). The van der Waals surface area contributed by atoms with Gasteiger partial charge in [-0.05, 0) is 19.1 Å². The number of benzene rings is 1. The van der Waals surface area contributed by atoms with Crippen molar-refractivity contribution in [1.29, 1.82) is 0 Å². The van der Waals surface area contributed by atoms with Crippen LogP contribution in [-0.2, 0) is 11.3 Å². The third-order valence-electron chi connectivity index (χ3n) is 2.26. The van der Waals surface area contributed by atoms with E-state index in [0.717, 1.165) is 16.6 Å². The fourth-order valence-corrected chi connectivity index (χ4v) is 1.61. The van der Waals surface area contributed by atoms with Crippen LogP contribution >= 0.6 is 0 Å². The van der Waals surface area contributed by atoms with E-state index in [0.29, 0.717) is 18.9 Å². The molecule has 2 rings (SSSR count). The molecule has 5 N–H and O–H groups in total. The Kier molecular flexibility index (Phi) is 3.07. The van der Waals surface area contributed by atoms with Gasteiger partial charge in [-0.1, -0.05) is 0 Å². The topological polar surface area (TPSA) is 90.0 Å². The lowest BCUT2D eigenvalue weighted by Gasteiger charge is -2.08. The van der Waals surface area contributed by atoms with Crippen molar-refractivity contribution in [3.8, 4) is 0 Å². The van der Waals surface area contributed by atoms with E-state index in [9.17, 15) is 0 Å². The summed E-state index contributed by atoms with van der Waals surface area (Å²) in [4.78, 5) is 7.26. The minimum atomic E-state index is 0.0377. The van der Waals surface area contributed by atoms with Crippen LogP contribution < -0.4 is 11.5 Å². The summed E-state index contributed by atoms with van der Waals surface area (Å²) in [6, 6.07) is 3.78. The minimum absolute atomic E-state index is 0.0377. The molecule has 2 aromatic rings. The molecule has 16 heavy (non-hydrogen) atoms. The first-order chi connectivity index (χ1) is 7.66. The number of nitrogens with two attached hydrogens (primary N) is 2. The average Bonchev–Trinajstić information content (AvgIpc) is 2.64. The molecule has 1 atom stereocenters. The number of anilines is 1. The fourth-order valence-electron chi connectivity index (χ4n) is 1.61. The lowest BCUT2D eigenvalue weighted by Crippen LogP contribution is -2.21. The summed E-state index contributed by atoms with van der Waals surface area (Å²) in [7, 11) is 0. The number of nitrogens with zero attached hydrogens (tertiary/aromatic N) is 1. The van der Waals surface area contributed by atoms with Crippen molar-refractivity contribution in [3.05, 3.63) is 24.0 Å². The molecule has 1 unspecified atom stereocenters. The Morgan fingerprint density at radius 2 is 2.31 bits per heavy atom. The van der Waals surface area contributed by atoms with Gasteiger partial charge in [-0.25, -0.2) is 4.98 Å². The second-order valence-electron chi connectivity index (χ2n) is 3.97. The first-order valence-corrected chi connectivity index (χ1v) is 5.21. The zero-order chi connectivity index (χ0) is 11.5. The number of H-pyrrole nitrogens is 1. The smallest absolute Gasteiger partial charge is 0.0939 e. The van der Waals surface area contributed by atoms with Gasteiger partial charge >= 0.3 is 0 Å². The maximum Gasteiger partial charge on any atom is 0.0939 e. The normalized spacial score (nSPS) is 13.1. The molecule has 5 nitrogen and oxygen atoms in total. The van der Waals surface area contributed by atoms with E-state index in [1.54, 1.807) is 6.33 Å². The van der Waals surface area contributed by atoms with Crippen LogP contribution in [0.15, 0.2) is 18.5 Å². The van der Waals surface area contributed by atoms with Gasteiger partial charge in [0.1, 0.15) is 0 Å². The zero-order valence-electron chi connectivity index (χ0n) is 9.23. The SMILES string of the molecule is CC(N)COCc1cc(N)cc2[nH]cnc12. The van der Waals surface area contributed by atoms with E-state index in [4.69, 9.17) is 16.2 Å². The van der Waals surface area contributed by atoms with Crippen LogP contribution in [0, 0.1) is 0 Å². The van der Waals surface area contributed by atoms with Gasteiger partial charge in [-0.2, -0.15) is 0 Å². The quantitative estimate of drug-likeness (QED) is 0.671. The number of fused-ring (bicyclic) bond motifs is 1. The summed E-state index contributed by atoms with van der Waals surface area (Å²) >= 11 is 0. The number of imidazole rings is 1. The molecule has 0 spiro atoms. The number of hydrogen-bond acceptors (Lipinski definition) is 4. The molecule has 0 fully saturated rings. The van der Waals surface area contributed by atoms with Crippen LogP contribution in [0.25, 0.3) is 11.0 Å². The van der Waals surface area contributed by atoms with Gasteiger partial charge in [-0.15, -0.1) is 0 Å². The van der Waals surface area contributed by atoms with Crippen molar-refractivity contribution < 1.29 is 4.74 Å². The molecule has 1 aromatic carbocycles. The van der Waals surface area contributed by atoms with E-state index in [2.05, 4.69) is 9.97 Å². The van der Waals surface area contributed by atoms with Gasteiger partial charge in [0.2, 0.25) is 0 Å². The van der Waals surface area contributed by atoms with Gasteiger partial charge in [0.15, 0.2) is 0 Å². The molecule has 0 saturated carbocycles. The number of hydrogen-bond donors (Lipinski definition) is 3. The summed E-state index contributed by atoms with van der Waals surface area (Å²) in [6.07, 6.45) is 1.65. The molecule has 1 aromatic heterocycles. The molecular formula is C11H16N4O. The van der Waals surface area contributed by atoms with Crippen molar-refractivity contribution in [1.82, 2.24) is 9.97 Å². The van der Waals surface area contributed by atoms with Crippen LogP contribution in [-0.4, -0.2) is 22.6 Å². The summed E-state index contributed by atoms with van der Waals surface area (Å²) in [5.74, 6) is 0. The average molecular weight is 220 g/mol. The largest absolute Gasteiger partial charge is 0.399 e. The van der Waals surface area contributed by atoms with Gasteiger partial charge in [0.25, 0.3) is 0 Å². The highest BCUT2D eigenvalue weighted by atomic mass is 16.5. The van der Waals surface area contributed by atoms with E-state index < -0.39 is 0 Å². The van der Waals surface area contributed by atoms with Crippen LogP contribution in [0.1, 0.15) is 12.5 Å². The highest BCUT2D eigenvalue weighted by molar-refractivity contribution is 5.81. The number of rotatable bonds is 4. The van der Waals surface area contributed by atoms with Crippen molar-refractivity contribution in [2.24, 2.45) is 5.73 Å². The maximum atomic E-state index is 5.79. The summed E-state index contributed by atoms with van der Waals surface area (Å²) in [5.41, 5.74) is 14.9. The molecular weight excluding hydrogens is 204 g/mol. The molecule has 0 amide bonds. The number of nitrogens with one attached hydrogen (secondary N) is 1. The third kappa shape index (κ3) is 2.32. The minimum Gasteiger partial charge on any atom is -0.399 e. The van der Waals surface area contributed by atoms with Gasteiger partial charge in [-0.3, -0.25) is 0 Å². The van der Waals surface area contributed by atoms with Gasteiger partial charge in [0.05, 0.1) is 30.6 Å². The Labute approximate surface area is 93.8 Å². The predicted octanol–water partition coefficient (Wildman–Crippen LogP) is 1.01. The van der Waals surface area contributed by atoms with Crippen molar-refractivity contribution in [2.75, 3.05) is 12.3 Å². The van der Waals surface area contributed by atoms with E-state index in [1.807, 2.05) is 19.1 Å². The Balaban J connectivity index is 2.19. The molecule has 0 aliphatic heterocycles.